The second kappa shape index (κ2) is 11.1. The lowest BCUT2D eigenvalue weighted by molar-refractivity contribution is -0.432. The number of quaternary nitrogens is 1. The lowest BCUT2D eigenvalue weighted by atomic mass is 9.80. The highest BCUT2D eigenvalue weighted by Crippen LogP contribution is 2.61. The van der Waals surface area contributed by atoms with Crippen LogP contribution in [0.5, 0.6) is 0 Å². The van der Waals surface area contributed by atoms with Crippen molar-refractivity contribution in [1.29, 1.82) is 0 Å². The highest BCUT2D eigenvalue weighted by atomic mass is 32.2. The fraction of sp³-hybridized carbons (Fsp3) is 0.433. The summed E-state index contributed by atoms with van der Waals surface area (Å²) in [6, 6.07) is 9.92. The van der Waals surface area contributed by atoms with Gasteiger partial charge in [0.1, 0.15) is 17.1 Å². The SMILES string of the molecule is Cc1ccc2c(c1)C(C)(C)C(C=C/C=C1\C(C)(C)c3cc(S(=O)(=O)CCS(=O)(=O)O)ccc3[N+]13CC3S(=O)(=O)O)=[N+]2CCS(=O)(=O)O. The predicted octanol–water partition coefficient (Wildman–Crippen LogP) is 2.89. The standard InChI is InChI=1S/C30H36N2O11S4/c1-20-9-11-24-22(17-20)29(2,3)26(31(24)13-14-45(35,36)37)7-6-8-27-30(4,5)23-18-21(44(33,34)15-16-46(38,39)40)10-12-25(23)32(27)19-28(32)47(41,42)43/h6-12,17-18,28H,13-16,19H2,1-5H3,(H-2,35,36,37,38,39,40,41,42,43)/p+2/b7-6?,27-8+. The van der Waals surface area contributed by atoms with Gasteiger partial charge in [-0.25, -0.2) is 12.9 Å². The zero-order chi connectivity index (χ0) is 35.2. The third kappa shape index (κ3) is 6.39. The molecule has 0 bridgehead atoms. The van der Waals surface area contributed by atoms with Crippen LogP contribution in [0.1, 0.15) is 44.4 Å². The second-order valence-corrected chi connectivity index (χ2v) is 20.1. The van der Waals surface area contributed by atoms with Crippen LogP contribution in [0.2, 0.25) is 0 Å². The summed E-state index contributed by atoms with van der Waals surface area (Å²) in [5, 5.41) is -1.24. The average molecular weight is 731 g/mol. The van der Waals surface area contributed by atoms with Crippen LogP contribution in [0.3, 0.4) is 0 Å². The summed E-state index contributed by atoms with van der Waals surface area (Å²) in [5.74, 6) is -2.35. The average Bonchev–Trinajstić information content (AvgIpc) is 3.61. The lowest BCUT2D eigenvalue weighted by Crippen LogP contribution is -2.33. The molecule has 0 amide bonds. The van der Waals surface area contributed by atoms with Crippen molar-refractivity contribution in [2.45, 2.75) is 55.7 Å². The number of rotatable bonds is 10. The Morgan fingerprint density at radius 3 is 2.04 bits per heavy atom. The zero-order valence-electron chi connectivity index (χ0n) is 26.4. The van der Waals surface area contributed by atoms with E-state index in [1.54, 1.807) is 32.1 Å². The van der Waals surface area contributed by atoms with Crippen molar-refractivity contribution in [2.24, 2.45) is 0 Å². The summed E-state index contributed by atoms with van der Waals surface area (Å²) in [6.45, 7) is 9.46. The van der Waals surface area contributed by atoms with E-state index < -0.39 is 73.7 Å². The molecule has 2 aromatic rings. The van der Waals surface area contributed by atoms with Crippen LogP contribution < -0.4 is 4.48 Å². The molecular formula is C30H38N2O11S4+2. The fourth-order valence-electron chi connectivity index (χ4n) is 6.99. The van der Waals surface area contributed by atoms with Crippen molar-refractivity contribution in [3.05, 3.63) is 77.0 Å². The first-order valence-electron chi connectivity index (χ1n) is 14.6. The monoisotopic (exact) mass is 730 g/mol. The number of allylic oxidation sites excluding steroid dienone is 4. The first-order chi connectivity index (χ1) is 21.3. The maximum atomic E-state index is 13.0. The molecule has 47 heavy (non-hydrogen) atoms. The van der Waals surface area contributed by atoms with E-state index in [-0.39, 0.29) is 22.5 Å². The number of fused-ring (bicyclic) bond motifs is 3. The maximum absolute atomic E-state index is 13.0. The van der Waals surface area contributed by atoms with Crippen LogP contribution >= 0.6 is 0 Å². The summed E-state index contributed by atoms with van der Waals surface area (Å²) >= 11 is 0. The van der Waals surface area contributed by atoms with E-state index in [1.165, 1.54) is 18.2 Å². The number of hydrogen-bond donors (Lipinski definition) is 3. The topological polar surface area (TPSA) is 200 Å². The lowest BCUT2D eigenvalue weighted by Gasteiger charge is -2.21. The molecule has 0 aliphatic carbocycles. The summed E-state index contributed by atoms with van der Waals surface area (Å²) in [7, 11) is -17.5. The Morgan fingerprint density at radius 2 is 1.47 bits per heavy atom. The van der Waals surface area contributed by atoms with Crippen molar-refractivity contribution < 1.29 is 51.9 Å². The molecule has 1 saturated heterocycles. The summed E-state index contributed by atoms with van der Waals surface area (Å²) < 4.78 is 127. The zero-order valence-corrected chi connectivity index (χ0v) is 29.7. The van der Waals surface area contributed by atoms with E-state index in [9.17, 15) is 42.8 Å². The van der Waals surface area contributed by atoms with Gasteiger partial charge in [0, 0.05) is 29.3 Å². The third-order valence-electron chi connectivity index (χ3n) is 9.39. The molecule has 0 saturated carbocycles. The normalized spacial score (nSPS) is 24.3. The molecule has 256 valence electrons. The molecule has 13 nitrogen and oxygen atoms in total. The number of nitrogens with zero attached hydrogens (tertiary/aromatic N) is 2. The Hall–Kier alpha value is -2.77. The molecule has 0 aromatic heterocycles. The van der Waals surface area contributed by atoms with Gasteiger partial charge in [-0.3, -0.25) is 13.7 Å². The molecule has 1 spiro atoms. The van der Waals surface area contributed by atoms with Crippen LogP contribution in [-0.4, -0.2) is 93.3 Å². The van der Waals surface area contributed by atoms with E-state index in [0.717, 1.165) is 22.5 Å². The molecular weight excluding hydrogens is 693 g/mol. The predicted molar refractivity (Wildman–Crippen MR) is 178 cm³/mol. The Morgan fingerprint density at radius 1 is 0.830 bits per heavy atom. The molecule has 17 heteroatoms. The summed E-state index contributed by atoms with van der Waals surface area (Å²) in [5.41, 5.74) is 3.42. The van der Waals surface area contributed by atoms with E-state index in [1.807, 2.05) is 43.5 Å². The molecule has 2 unspecified atom stereocenters. The van der Waals surface area contributed by atoms with E-state index >= 15 is 0 Å². The third-order valence-corrected chi connectivity index (χ3v) is 14.0. The smallest absolute Gasteiger partial charge is 0.286 e. The highest BCUT2D eigenvalue weighted by Gasteiger charge is 2.73. The molecule has 0 radical (unpaired) electrons. The largest absolute Gasteiger partial charge is 0.326 e. The van der Waals surface area contributed by atoms with Crippen molar-refractivity contribution >= 4 is 57.3 Å². The molecule has 2 atom stereocenters. The summed E-state index contributed by atoms with van der Waals surface area (Å²) in [4.78, 5) is -0.195. The minimum Gasteiger partial charge on any atom is -0.286 e. The summed E-state index contributed by atoms with van der Waals surface area (Å²) in [6.07, 6.45) is 5.22. The van der Waals surface area contributed by atoms with Gasteiger partial charge in [0.25, 0.3) is 25.6 Å². The quantitative estimate of drug-likeness (QED) is 0.141. The fourth-order valence-corrected chi connectivity index (χ4v) is 11.0. The number of sulfone groups is 1. The number of aryl methyl sites for hydroxylation is 1. The van der Waals surface area contributed by atoms with Crippen LogP contribution in [0.15, 0.2) is 65.2 Å². The molecule has 3 heterocycles. The van der Waals surface area contributed by atoms with Gasteiger partial charge >= 0.3 is 10.1 Å². The first kappa shape index (κ1) is 35.5. The number of benzene rings is 2. The van der Waals surface area contributed by atoms with Gasteiger partial charge in [-0.2, -0.15) is 29.8 Å². The Balaban J connectivity index is 1.62. The van der Waals surface area contributed by atoms with Crippen LogP contribution in [0, 0.1) is 6.92 Å². The van der Waals surface area contributed by atoms with Gasteiger partial charge in [0.2, 0.25) is 5.69 Å². The first-order valence-corrected chi connectivity index (χ1v) is 21.0. The minimum atomic E-state index is -4.54. The van der Waals surface area contributed by atoms with Gasteiger partial charge in [-0.15, -0.1) is 0 Å². The van der Waals surface area contributed by atoms with Crippen molar-refractivity contribution in [3.63, 3.8) is 0 Å². The molecule has 3 N–H and O–H groups in total. The molecule has 1 fully saturated rings. The van der Waals surface area contributed by atoms with Crippen molar-refractivity contribution in [2.75, 3.05) is 30.3 Å². The Kier molecular flexibility index (Phi) is 8.41. The second-order valence-electron chi connectivity index (χ2n) is 13.3. The van der Waals surface area contributed by atoms with E-state index in [4.69, 9.17) is 4.55 Å². The van der Waals surface area contributed by atoms with Gasteiger partial charge in [0.05, 0.1) is 27.2 Å². The van der Waals surface area contributed by atoms with Crippen LogP contribution in [0.25, 0.3) is 0 Å². The molecule has 3 aliphatic heterocycles. The molecule has 2 aromatic carbocycles. The van der Waals surface area contributed by atoms with Gasteiger partial charge in [-0.1, -0.05) is 17.7 Å². The number of hydrogen-bond acceptors (Lipinski definition) is 8. The Bertz CT molecular complexity index is 2230. The van der Waals surface area contributed by atoms with E-state index in [0.29, 0.717) is 16.9 Å². The van der Waals surface area contributed by atoms with Crippen molar-refractivity contribution in [1.82, 2.24) is 4.48 Å². The highest BCUT2D eigenvalue weighted by molar-refractivity contribution is 7.93. The van der Waals surface area contributed by atoms with Gasteiger partial charge in [-0.05, 0) is 58.9 Å². The van der Waals surface area contributed by atoms with Gasteiger partial charge in [0.15, 0.2) is 28.6 Å². The van der Waals surface area contributed by atoms with Crippen LogP contribution in [-0.2, 0) is 51.0 Å². The van der Waals surface area contributed by atoms with Crippen LogP contribution in [0.4, 0.5) is 11.4 Å². The van der Waals surface area contributed by atoms with Crippen molar-refractivity contribution in [3.8, 4) is 0 Å². The maximum Gasteiger partial charge on any atom is 0.326 e. The van der Waals surface area contributed by atoms with Gasteiger partial charge < -0.3 is 0 Å². The molecule has 5 rings (SSSR count). The van der Waals surface area contributed by atoms with E-state index in [2.05, 4.69) is 0 Å². The minimum absolute atomic E-state index is 0.00292. The Labute approximate surface area is 275 Å². The molecule has 3 aliphatic rings.